The maximum Gasteiger partial charge on any atom is 0.404 e. The summed E-state index contributed by atoms with van der Waals surface area (Å²) in [5.74, 6) is -1.25. The van der Waals surface area contributed by atoms with Gasteiger partial charge < -0.3 is 15.6 Å². The van der Waals surface area contributed by atoms with E-state index in [0.717, 1.165) is 6.07 Å². The van der Waals surface area contributed by atoms with E-state index in [1.54, 1.807) is 0 Å². The highest BCUT2D eigenvalue weighted by Crippen LogP contribution is 2.25. The minimum atomic E-state index is -3.94. The molecule has 0 unspecified atom stereocenters. The van der Waals surface area contributed by atoms with E-state index < -0.39 is 22.1 Å². The maximum absolute atomic E-state index is 12.1. The standard InChI is InChI=1S/C11H13BrN2O6S/c1-6-8(12)4-7(10(15)16)5-9(6)21(18,19)14-2-3-20-11(13)17/h4-5,14H,2-3H2,1H3,(H2,13,17)(H,15,16). The average Bonchev–Trinajstić information content (AvgIpc) is 2.37. The van der Waals surface area contributed by atoms with Crippen LogP contribution in [0.25, 0.3) is 0 Å². The van der Waals surface area contributed by atoms with Crippen molar-refractivity contribution >= 4 is 38.0 Å². The first kappa shape index (κ1) is 17.4. The number of aromatic carboxylic acids is 1. The summed E-state index contributed by atoms with van der Waals surface area (Å²) in [6.07, 6.45) is -1.01. The predicted octanol–water partition coefficient (Wildman–Crippen LogP) is 0.829. The number of primary amides is 1. The van der Waals surface area contributed by atoms with Crippen LogP contribution in [-0.4, -0.2) is 38.7 Å². The molecule has 4 N–H and O–H groups in total. The topological polar surface area (TPSA) is 136 Å². The van der Waals surface area contributed by atoms with Gasteiger partial charge in [0.15, 0.2) is 0 Å². The van der Waals surface area contributed by atoms with Gasteiger partial charge in [-0.2, -0.15) is 0 Å². The Balaban J connectivity index is 3.02. The summed E-state index contributed by atoms with van der Waals surface area (Å²) in [5, 5.41) is 8.96. The van der Waals surface area contributed by atoms with Crippen molar-refractivity contribution in [3.63, 3.8) is 0 Å². The Morgan fingerprint density at radius 2 is 2.05 bits per heavy atom. The van der Waals surface area contributed by atoms with Gasteiger partial charge in [0.25, 0.3) is 0 Å². The van der Waals surface area contributed by atoms with Crippen molar-refractivity contribution in [2.75, 3.05) is 13.2 Å². The smallest absolute Gasteiger partial charge is 0.404 e. The Hall–Kier alpha value is -1.65. The van der Waals surface area contributed by atoms with Gasteiger partial charge in [0, 0.05) is 11.0 Å². The van der Waals surface area contributed by atoms with Crippen molar-refractivity contribution in [3.05, 3.63) is 27.7 Å². The zero-order valence-electron chi connectivity index (χ0n) is 10.9. The molecule has 0 aromatic heterocycles. The third kappa shape index (κ3) is 4.69. The number of halogens is 1. The number of amides is 1. The van der Waals surface area contributed by atoms with Crippen LogP contribution in [0.3, 0.4) is 0 Å². The molecule has 0 aliphatic heterocycles. The van der Waals surface area contributed by atoms with Gasteiger partial charge >= 0.3 is 12.1 Å². The molecule has 0 bridgehead atoms. The second kappa shape index (κ2) is 6.87. The van der Waals surface area contributed by atoms with Gasteiger partial charge in [-0.1, -0.05) is 15.9 Å². The van der Waals surface area contributed by atoms with Crippen molar-refractivity contribution in [1.82, 2.24) is 4.72 Å². The van der Waals surface area contributed by atoms with Crippen LogP contribution in [0.5, 0.6) is 0 Å². The largest absolute Gasteiger partial charge is 0.478 e. The minimum absolute atomic E-state index is 0.166. The molecular weight excluding hydrogens is 368 g/mol. The quantitative estimate of drug-likeness (QED) is 0.625. The van der Waals surface area contributed by atoms with Gasteiger partial charge in [0.05, 0.1) is 10.5 Å². The summed E-state index contributed by atoms with van der Waals surface area (Å²) in [7, 11) is -3.94. The first-order valence-electron chi connectivity index (χ1n) is 5.60. The summed E-state index contributed by atoms with van der Waals surface area (Å²) >= 11 is 3.12. The summed E-state index contributed by atoms with van der Waals surface area (Å²) in [5.41, 5.74) is 4.94. The van der Waals surface area contributed by atoms with E-state index in [4.69, 9.17) is 10.8 Å². The Morgan fingerprint density at radius 1 is 1.43 bits per heavy atom. The summed E-state index contributed by atoms with van der Waals surface area (Å²) in [4.78, 5) is 21.2. The lowest BCUT2D eigenvalue weighted by molar-refractivity contribution is 0.0696. The third-order valence-corrected chi connectivity index (χ3v) is 4.88. The van der Waals surface area contributed by atoms with Crippen molar-refractivity contribution < 1.29 is 27.9 Å². The molecule has 0 aliphatic carbocycles. The molecule has 0 saturated heterocycles. The number of nitrogens with one attached hydrogen (secondary N) is 1. The van der Waals surface area contributed by atoms with Gasteiger partial charge in [-0.15, -0.1) is 0 Å². The number of carbonyl (C=O) groups is 2. The lowest BCUT2D eigenvalue weighted by Gasteiger charge is -2.11. The first-order chi connectivity index (χ1) is 9.65. The van der Waals surface area contributed by atoms with Crippen LogP contribution in [0.1, 0.15) is 15.9 Å². The van der Waals surface area contributed by atoms with Gasteiger partial charge in [-0.3, -0.25) is 0 Å². The fourth-order valence-corrected chi connectivity index (χ4v) is 3.36. The van der Waals surface area contributed by atoms with E-state index in [-0.39, 0.29) is 23.6 Å². The van der Waals surface area contributed by atoms with E-state index in [0.29, 0.717) is 10.0 Å². The molecule has 0 heterocycles. The molecule has 10 heteroatoms. The minimum Gasteiger partial charge on any atom is -0.478 e. The molecule has 1 aromatic carbocycles. The molecule has 1 amide bonds. The summed E-state index contributed by atoms with van der Waals surface area (Å²) < 4.78 is 31.2. The molecule has 8 nitrogen and oxygen atoms in total. The normalized spacial score (nSPS) is 11.1. The molecule has 0 atom stereocenters. The van der Waals surface area contributed by atoms with Gasteiger partial charge in [-0.25, -0.2) is 22.7 Å². The van der Waals surface area contributed by atoms with Crippen LogP contribution >= 0.6 is 15.9 Å². The molecule has 116 valence electrons. The number of sulfonamides is 1. The molecule has 0 aliphatic rings. The van der Waals surface area contributed by atoms with Gasteiger partial charge in [0.1, 0.15) is 6.61 Å². The Kier molecular flexibility index (Phi) is 5.70. The fraction of sp³-hybridized carbons (Fsp3) is 0.273. The van der Waals surface area contributed by atoms with Crippen LogP contribution < -0.4 is 10.5 Å². The molecule has 0 radical (unpaired) electrons. The number of nitrogens with two attached hydrogens (primary N) is 1. The zero-order chi connectivity index (χ0) is 16.2. The van der Waals surface area contributed by atoms with Crippen molar-refractivity contribution in [1.29, 1.82) is 0 Å². The lowest BCUT2D eigenvalue weighted by atomic mass is 10.1. The van der Waals surface area contributed by atoms with Crippen molar-refractivity contribution in [3.8, 4) is 0 Å². The zero-order valence-corrected chi connectivity index (χ0v) is 13.3. The van der Waals surface area contributed by atoms with Crippen molar-refractivity contribution in [2.24, 2.45) is 5.73 Å². The van der Waals surface area contributed by atoms with Gasteiger partial charge in [0.2, 0.25) is 10.0 Å². The molecule has 1 aromatic rings. The highest BCUT2D eigenvalue weighted by Gasteiger charge is 2.21. The van der Waals surface area contributed by atoms with E-state index in [1.807, 2.05) is 0 Å². The fourth-order valence-electron chi connectivity index (χ4n) is 1.46. The van der Waals surface area contributed by atoms with E-state index in [9.17, 15) is 18.0 Å². The number of ether oxygens (including phenoxy) is 1. The number of rotatable bonds is 6. The number of hydrogen-bond acceptors (Lipinski definition) is 5. The molecule has 0 fully saturated rings. The number of carbonyl (C=O) groups excluding carboxylic acids is 1. The second-order valence-electron chi connectivity index (χ2n) is 3.95. The predicted molar refractivity (Wildman–Crippen MR) is 76.6 cm³/mol. The highest BCUT2D eigenvalue weighted by atomic mass is 79.9. The second-order valence-corrected chi connectivity index (χ2v) is 6.54. The highest BCUT2D eigenvalue weighted by molar-refractivity contribution is 9.10. The number of carboxylic acids is 1. The monoisotopic (exact) mass is 380 g/mol. The van der Waals surface area contributed by atoms with Crippen LogP contribution in [-0.2, 0) is 14.8 Å². The maximum atomic E-state index is 12.1. The van der Waals surface area contributed by atoms with Crippen molar-refractivity contribution in [2.45, 2.75) is 11.8 Å². The first-order valence-corrected chi connectivity index (χ1v) is 7.88. The molecular formula is C11H13BrN2O6S. The SMILES string of the molecule is Cc1c(Br)cc(C(=O)O)cc1S(=O)(=O)NCCOC(N)=O. The average molecular weight is 381 g/mol. The van der Waals surface area contributed by atoms with E-state index in [2.05, 4.69) is 25.4 Å². The Labute approximate surface area is 129 Å². The summed E-state index contributed by atoms with van der Waals surface area (Å²) in [6, 6.07) is 2.37. The molecule has 1 rings (SSSR count). The Morgan fingerprint density at radius 3 is 2.57 bits per heavy atom. The number of benzene rings is 1. The van der Waals surface area contributed by atoms with E-state index in [1.165, 1.54) is 13.0 Å². The molecule has 0 spiro atoms. The van der Waals surface area contributed by atoms with Crippen LogP contribution in [0, 0.1) is 6.92 Å². The molecule has 0 saturated carbocycles. The van der Waals surface area contributed by atoms with Crippen LogP contribution in [0.2, 0.25) is 0 Å². The van der Waals surface area contributed by atoms with Crippen LogP contribution in [0.4, 0.5) is 4.79 Å². The Bertz CT molecular complexity index is 674. The summed E-state index contributed by atoms with van der Waals surface area (Å²) in [6.45, 7) is 1.12. The number of hydrogen-bond donors (Lipinski definition) is 3. The number of carboxylic acid groups (broad SMARTS) is 1. The lowest BCUT2D eigenvalue weighted by Crippen LogP contribution is -2.29. The van der Waals surface area contributed by atoms with Gasteiger partial charge in [-0.05, 0) is 24.6 Å². The molecule has 21 heavy (non-hydrogen) atoms. The van der Waals surface area contributed by atoms with E-state index >= 15 is 0 Å². The van der Waals surface area contributed by atoms with Crippen LogP contribution in [0.15, 0.2) is 21.5 Å². The third-order valence-electron chi connectivity index (χ3n) is 2.47.